The van der Waals surface area contributed by atoms with Gasteiger partial charge in [0.15, 0.2) is 0 Å². The highest BCUT2D eigenvalue weighted by molar-refractivity contribution is 5.53. The average Bonchev–Trinajstić information content (AvgIpc) is 3.16. The van der Waals surface area contributed by atoms with Crippen molar-refractivity contribution in [1.29, 1.82) is 0 Å². The van der Waals surface area contributed by atoms with Gasteiger partial charge in [-0.2, -0.15) is 0 Å². The highest BCUT2D eigenvalue weighted by atomic mass is 15.2. The molecule has 3 heteroatoms. The minimum atomic E-state index is 0.0236. The zero-order chi connectivity index (χ0) is 15.6. The van der Waals surface area contributed by atoms with Crippen LogP contribution in [0.5, 0.6) is 0 Å². The van der Waals surface area contributed by atoms with E-state index in [2.05, 4.69) is 57.5 Å². The molecular formula is C18H29N3. The molecular weight excluding hydrogens is 258 g/mol. The van der Waals surface area contributed by atoms with Crippen LogP contribution in [0.1, 0.15) is 50.4 Å². The predicted molar refractivity (Wildman–Crippen MR) is 90.9 cm³/mol. The van der Waals surface area contributed by atoms with Crippen LogP contribution < -0.4 is 10.2 Å². The Balaban J connectivity index is 2.39. The second kappa shape index (κ2) is 6.18. The minimum absolute atomic E-state index is 0.0236. The third kappa shape index (κ3) is 4.07. The van der Waals surface area contributed by atoms with E-state index in [9.17, 15) is 0 Å². The lowest BCUT2D eigenvalue weighted by Gasteiger charge is -2.37. The smallest absolute Gasteiger partial charge is 0.134 e. The number of nitrogens with zero attached hydrogens (tertiary/aromatic N) is 2. The van der Waals surface area contributed by atoms with Gasteiger partial charge in [0.2, 0.25) is 0 Å². The molecule has 2 rings (SSSR count). The van der Waals surface area contributed by atoms with Crippen molar-refractivity contribution in [1.82, 2.24) is 10.3 Å². The van der Waals surface area contributed by atoms with E-state index in [1.807, 2.05) is 6.08 Å². The van der Waals surface area contributed by atoms with E-state index < -0.39 is 0 Å². The molecule has 0 bridgehead atoms. The zero-order valence-electron chi connectivity index (χ0n) is 14.2. The maximum absolute atomic E-state index is 4.86. The highest BCUT2D eigenvalue weighted by Crippen LogP contribution is 2.29. The van der Waals surface area contributed by atoms with Gasteiger partial charge in [0, 0.05) is 35.9 Å². The van der Waals surface area contributed by atoms with Crippen LogP contribution in [0.3, 0.4) is 0 Å². The number of rotatable bonds is 6. The van der Waals surface area contributed by atoms with Crippen LogP contribution in [-0.2, 0) is 6.54 Å². The zero-order valence-corrected chi connectivity index (χ0v) is 14.2. The number of aromatic nitrogens is 1. The summed E-state index contributed by atoms with van der Waals surface area (Å²) in [5.74, 6) is 1.10. The van der Waals surface area contributed by atoms with Crippen LogP contribution >= 0.6 is 0 Å². The Kier molecular flexibility index (Phi) is 4.72. The van der Waals surface area contributed by atoms with Gasteiger partial charge >= 0.3 is 0 Å². The third-order valence-corrected chi connectivity index (χ3v) is 3.98. The molecule has 0 spiro atoms. The van der Waals surface area contributed by atoms with Crippen molar-refractivity contribution in [3.63, 3.8) is 0 Å². The van der Waals surface area contributed by atoms with E-state index in [1.54, 1.807) is 0 Å². The molecule has 1 aromatic heterocycles. The second-order valence-corrected chi connectivity index (χ2v) is 7.11. The average molecular weight is 287 g/mol. The first-order chi connectivity index (χ1) is 9.82. The summed E-state index contributed by atoms with van der Waals surface area (Å²) in [7, 11) is 0. The Morgan fingerprint density at radius 2 is 2.05 bits per heavy atom. The largest absolute Gasteiger partial charge is 0.348 e. The lowest BCUT2D eigenvalue weighted by molar-refractivity contribution is 0.513. The molecule has 0 unspecified atom stereocenters. The van der Waals surface area contributed by atoms with E-state index in [0.29, 0.717) is 6.04 Å². The molecule has 0 radical (unpaired) electrons. The monoisotopic (exact) mass is 287 g/mol. The molecule has 116 valence electrons. The molecule has 0 aromatic carbocycles. The molecule has 1 aliphatic carbocycles. The SMILES string of the molecule is C=CCN(c1nc(C)cc(C)c1CNC1CC1)C(C)(C)C. The fraction of sp³-hybridized carbons (Fsp3) is 0.611. The molecule has 1 heterocycles. The minimum Gasteiger partial charge on any atom is -0.348 e. The van der Waals surface area contributed by atoms with Gasteiger partial charge in [-0.25, -0.2) is 4.98 Å². The second-order valence-electron chi connectivity index (χ2n) is 7.11. The molecule has 1 saturated carbocycles. The molecule has 1 aromatic rings. The van der Waals surface area contributed by atoms with E-state index in [1.165, 1.54) is 24.0 Å². The van der Waals surface area contributed by atoms with Gasteiger partial charge in [-0.05, 0) is 59.1 Å². The van der Waals surface area contributed by atoms with Crippen molar-refractivity contribution in [2.24, 2.45) is 0 Å². The number of hydrogen-bond acceptors (Lipinski definition) is 3. The van der Waals surface area contributed by atoms with Gasteiger partial charge in [0.1, 0.15) is 5.82 Å². The quantitative estimate of drug-likeness (QED) is 0.808. The highest BCUT2D eigenvalue weighted by Gasteiger charge is 2.26. The van der Waals surface area contributed by atoms with Gasteiger partial charge in [-0.3, -0.25) is 0 Å². The molecule has 0 saturated heterocycles. The fourth-order valence-corrected chi connectivity index (χ4v) is 2.63. The third-order valence-electron chi connectivity index (χ3n) is 3.98. The summed E-state index contributed by atoms with van der Waals surface area (Å²) in [6.45, 7) is 16.6. The first-order valence-electron chi connectivity index (χ1n) is 7.92. The summed E-state index contributed by atoms with van der Waals surface area (Å²) < 4.78 is 0. The predicted octanol–water partition coefficient (Wildman–Crippen LogP) is 3.74. The van der Waals surface area contributed by atoms with E-state index in [-0.39, 0.29) is 5.54 Å². The Morgan fingerprint density at radius 3 is 2.57 bits per heavy atom. The van der Waals surface area contributed by atoms with Gasteiger partial charge in [0.25, 0.3) is 0 Å². The number of pyridine rings is 1. The maximum Gasteiger partial charge on any atom is 0.134 e. The molecule has 0 amide bonds. The van der Waals surface area contributed by atoms with Crippen molar-refractivity contribution >= 4 is 5.82 Å². The van der Waals surface area contributed by atoms with Crippen LogP contribution in [-0.4, -0.2) is 23.1 Å². The Morgan fingerprint density at radius 1 is 1.38 bits per heavy atom. The molecule has 0 atom stereocenters. The van der Waals surface area contributed by atoms with Crippen molar-refractivity contribution in [2.75, 3.05) is 11.4 Å². The van der Waals surface area contributed by atoms with Gasteiger partial charge in [-0.15, -0.1) is 6.58 Å². The number of hydrogen-bond donors (Lipinski definition) is 1. The number of anilines is 1. The van der Waals surface area contributed by atoms with Crippen LogP contribution in [0.4, 0.5) is 5.82 Å². The van der Waals surface area contributed by atoms with Crippen molar-refractivity contribution in [3.8, 4) is 0 Å². The van der Waals surface area contributed by atoms with Gasteiger partial charge in [0.05, 0.1) is 0 Å². The van der Waals surface area contributed by atoms with Crippen LogP contribution in [0, 0.1) is 13.8 Å². The van der Waals surface area contributed by atoms with Crippen LogP contribution in [0.15, 0.2) is 18.7 Å². The molecule has 3 nitrogen and oxygen atoms in total. The van der Waals surface area contributed by atoms with Crippen LogP contribution in [0.25, 0.3) is 0 Å². The fourth-order valence-electron chi connectivity index (χ4n) is 2.63. The molecule has 21 heavy (non-hydrogen) atoms. The lowest BCUT2D eigenvalue weighted by Crippen LogP contribution is -2.43. The van der Waals surface area contributed by atoms with E-state index >= 15 is 0 Å². The summed E-state index contributed by atoms with van der Waals surface area (Å²) in [6.07, 6.45) is 4.58. The molecule has 1 N–H and O–H groups in total. The first-order valence-corrected chi connectivity index (χ1v) is 7.92. The number of aryl methyl sites for hydroxylation is 2. The van der Waals surface area contributed by atoms with Crippen LogP contribution in [0.2, 0.25) is 0 Å². The van der Waals surface area contributed by atoms with Gasteiger partial charge in [-0.1, -0.05) is 6.08 Å². The Labute approximate surface area is 129 Å². The summed E-state index contributed by atoms with van der Waals surface area (Å²) in [5, 5.41) is 3.63. The van der Waals surface area contributed by atoms with Crippen molar-refractivity contribution in [2.45, 2.75) is 65.6 Å². The molecule has 0 aliphatic heterocycles. The Hall–Kier alpha value is -1.35. The maximum atomic E-state index is 4.86. The summed E-state index contributed by atoms with van der Waals surface area (Å²) in [4.78, 5) is 7.21. The molecule has 1 fully saturated rings. The Bertz CT molecular complexity index is 510. The molecule has 1 aliphatic rings. The summed E-state index contributed by atoms with van der Waals surface area (Å²) >= 11 is 0. The normalized spacial score (nSPS) is 15.1. The van der Waals surface area contributed by atoms with Crippen molar-refractivity contribution < 1.29 is 0 Å². The first kappa shape index (κ1) is 16.0. The standard InChI is InChI=1S/C18H29N3/c1-7-10-21(18(4,5)6)17-16(12-19-15-8-9-15)13(2)11-14(3)20-17/h7,11,15,19H,1,8-10,12H2,2-6H3. The van der Waals surface area contributed by atoms with E-state index in [4.69, 9.17) is 4.98 Å². The lowest BCUT2D eigenvalue weighted by atomic mass is 10.0. The van der Waals surface area contributed by atoms with Gasteiger partial charge < -0.3 is 10.2 Å². The summed E-state index contributed by atoms with van der Waals surface area (Å²) in [6, 6.07) is 2.89. The summed E-state index contributed by atoms with van der Waals surface area (Å²) in [5.41, 5.74) is 3.75. The van der Waals surface area contributed by atoms with E-state index in [0.717, 1.165) is 24.6 Å². The number of nitrogens with one attached hydrogen (secondary N) is 1. The topological polar surface area (TPSA) is 28.2 Å². The van der Waals surface area contributed by atoms with Crippen molar-refractivity contribution in [3.05, 3.63) is 35.5 Å².